The fourth-order valence-electron chi connectivity index (χ4n) is 4.47. The van der Waals surface area contributed by atoms with Crippen LogP contribution in [0.2, 0.25) is 0 Å². The molecule has 1 aromatic carbocycles. The predicted molar refractivity (Wildman–Crippen MR) is 97.2 cm³/mol. The Morgan fingerprint density at radius 3 is 3.04 bits per heavy atom. The smallest absolute Gasteiger partial charge is 0.230 e. The van der Waals surface area contributed by atoms with E-state index in [9.17, 15) is 4.79 Å². The van der Waals surface area contributed by atoms with Crippen LogP contribution < -0.4 is 5.32 Å². The Balaban J connectivity index is 0.00000169. The topological polar surface area (TPSA) is 45.5 Å². The number of nitrogens with zero attached hydrogens (tertiary/aromatic N) is 1. The van der Waals surface area contributed by atoms with Gasteiger partial charge in [-0.05, 0) is 37.4 Å². The molecule has 1 N–H and O–H groups in total. The van der Waals surface area contributed by atoms with Gasteiger partial charge in [0.15, 0.2) is 0 Å². The molecule has 1 saturated heterocycles. The van der Waals surface area contributed by atoms with E-state index in [4.69, 9.17) is 4.42 Å². The Labute approximate surface area is 149 Å². The molecule has 0 radical (unpaired) electrons. The van der Waals surface area contributed by atoms with Crippen LogP contribution in [0.4, 0.5) is 0 Å². The summed E-state index contributed by atoms with van der Waals surface area (Å²) in [7, 11) is 1.91. The van der Waals surface area contributed by atoms with Crippen molar-refractivity contribution in [1.82, 2.24) is 10.2 Å². The van der Waals surface area contributed by atoms with Crippen LogP contribution in [0, 0.1) is 11.3 Å². The second kappa shape index (κ2) is 6.77. The second-order valence-corrected chi connectivity index (χ2v) is 7.14. The Morgan fingerprint density at radius 2 is 2.21 bits per heavy atom. The quantitative estimate of drug-likeness (QED) is 0.921. The summed E-state index contributed by atoms with van der Waals surface area (Å²) in [5, 5.41) is 4.55. The van der Waals surface area contributed by atoms with Crippen molar-refractivity contribution in [2.24, 2.45) is 11.3 Å². The molecule has 1 amide bonds. The molecular weight excluding hydrogens is 324 g/mol. The third-order valence-electron chi connectivity index (χ3n) is 5.68. The van der Waals surface area contributed by atoms with E-state index in [1.54, 1.807) is 0 Å². The normalized spacial score (nSPS) is 26.0. The third-order valence-corrected chi connectivity index (χ3v) is 5.68. The lowest BCUT2D eigenvalue weighted by atomic mass is 9.67. The van der Waals surface area contributed by atoms with E-state index < -0.39 is 0 Å². The molecule has 1 aromatic heterocycles. The van der Waals surface area contributed by atoms with E-state index in [2.05, 4.69) is 5.32 Å². The van der Waals surface area contributed by atoms with Gasteiger partial charge in [-0.1, -0.05) is 31.0 Å². The van der Waals surface area contributed by atoms with Crippen molar-refractivity contribution in [1.29, 1.82) is 0 Å². The van der Waals surface area contributed by atoms with Crippen LogP contribution in [0.1, 0.15) is 31.4 Å². The van der Waals surface area contributed by atoms with E-state index in [0.717, 1.165) is 36.2 Å². The van der Waals surface area contributed by atoms with Gasteiger partial charge in [0.2, 0.25) is 5.91 Å². The van der Waals surface area contributed by atoms with Crippen molar-refractivity contribution in [3.8, 4) is 0 Å². The highest BCUT2D eigenvalue weighted by molar-refractivity contribution is 5.85. The molecule has 1 aliphatic carbocycles. The van der Waals surface area contributed by atoms with E-state index in [0.29, 0.717) is 12.5 Å². The molecule has 2 aliphatic rings. The minimum Gasteiger partial charge on any atom is -0.459 e. The first-order valence-electron chi connectivity index (χ1n) is 8.63. The molecule has 24 heavy (non-hydrogen) atoms. The zero-order valence-corrected chi connectivity index (χ0v) is 14.9. The van der Waals surface area contributed by atoms with E-state index in [1.165, 1.54) is 19.3 Å². The summed E-state index contributed by atoms with van der Waals surface area (Å²) in [6, 6.07) is 10.0. The van der Waals surface area contributed by atoms with Gasteiger partial charge in [-0.25, -0.2) is 0 Å². The molecule has 1 saturated carbocycles. The monoisotopic (exact) mass is 348 g/mol. The van der Waals surface area contributed by atoms with Crippen LogP contribution >= 0.6 is 12.4 Å². The number of hydrogen-bond acceptors (Lipinski definition) is 3. The SMILES string of the molecule is CN(Cc1cc2ccccc2o1)C(=O)[C@@]12CCCC[C@H]1CNC2.Cl. The number of nitrogens with one attached hydrogen (secondary N) is 1. The van der Waals surface area contributed by atoms with Crippen molar-refractivity contribution in [2.45, 2.75) is 32.2 Å². The Bertz CT molecular complexity index is 696. The number of carbonyl (C=O) groups is 1. The Kier molecular flexibility index (Phi) is 4.88. The van der Waals surface area contributed by atoms with Crippen LogP contribution in [0.5, 0.6) is 0 Å². The van der Waals surface area contributed by atoms with Gasteiger partial charge in [0.1, 0.15) is 11.3 Å². The maximum absolute atomic E-state index is 13.2. The standard InChI is InChI=1S/C19H24N2O2.ClH/c1-21(12-16-10-14-6-2-3-8-17(14)23-16)18(22)19-9-5-4-7-15(19)11-20-13-19;/h2-3,6,8,10,15,20H,4-5,7,9,11-13H2,1H3;1H/t15-,19+;/m0./s1. The molecule has 0 spiro atoms. The van der Waals surface area contributed by atoms with Crippen molar-refractivity contribution in [3.63, 3.8) is 0 Å². The Hall–Kier alpha value is -1.52. The van der Waals surface area contributed by atoms with Crippen LogP contribution in [0.25, 0.3) is 11.0 Å². The van der Waals surface area contributed by atoms with Gasteiger partial charge < -0.3 is 14.6 Å². The van der Waals surface area contributed by atoms with E-state index in [-0.39, 0.29) is 23.7 Å². The summed E-state index contributed by atoms with van der Waals surface area (Å²) < 4.78 is 5.88. The minimum atomic E-state index is -0.182. The zero-order chi connectivity index (χ0) is 15.9. The first-order valence-corrected chi connectivity index (χ1v) is 8.63. The summed E-state index contributed by atoms with van der Waals surface area (Å²) in [6.45, 7) is 2.37. The van der Waals surface area contributed by atoms with Gasteiger partial charge in [-0.15, -0.1) is 12.4 Å². The fraction of sp³-hybridized carbons (Fsp3) is 0.526. The maximum atomic E-state index is 13.2. The summed E-state index contributed by atoms with van der Waals surface area (Å²) in [6.07, 6.45) is 4.63. The van der Waals surface area contributed by atoms with Gasteiger partial charge in [0.05, 0.1) is 12.0 Å². The van der Waals surface area contributed by atoms with Crippen LogP contribution in [0.3, 0.4) is 0 Å². The number of hydrogen-bond donors (Lipinski definition) is 1. The van der Waals surface area contributed by atoms with Crippen LogP contribution in [0.15, 0.2) is 34.7 Å². The molecule has 4 nitrogen and oxygen atoms in total. The molecule has 0 unspecified atom stereocenters. The summed E-state index contributed by atoms with van der Waals surface area (Å²) in [5.74, 6) is 1.64. The number of para-hydroxylation sites is 1. The molecule has 2 fully saturated rings. The third kappa shape index (κ3) is 2.82. The molecule has 1 aliphatic heterocycles. The summed E-state index contributed by atoms with van der Waals surface area (Å²) in [5.41, 5.74) is 0.707. The first kappa shape index (κ1) is 17.3. The highest BCUT2D eigenvalue weighted by atomic mass is 35.5. The lowest BCUT2D eigenvalue weighted by Crippen LogP contribution is -2.48. The summed E-state index contributed by atoms with van der Waals surface area (Å²) >= 11 is 0. The van der Waals surface area contributed by atoms with Gasteiger partial charge in [-0.3, -0.25) is 4.79 Å². The number of fused-ring (bicyclic) bond motifs is 2. The highest BCUT2D eigenvalue weighted by Gasteiger charge is 2.50. The molecule has 2 atom stereocenters. The van der Waals surface area contributed by atoms with Gasteiger partial charge in [0.25, 0.3) is 0 Å². The van der Waals surface area contributed by atoms with Crippen molar-refractivity contribution in [3.05, 3.63) is 36.1 Å². The zero-order valence-electron chi connectivity index (χ0n) is 14.1. The lowest BCUT2D eigenvalue weighted by molar-refractivity contribution is -0.144. The number of benzene rings is 1. The van der Waals surface area contributed by atoms with E-state index in [1.807, 2.05) is 42.3 Å². The number of rotatable bonds is 3. The number of amides is 1. The first-order chi connectivity index (χ1) is 11.2. The molecule has 5 heteroatoms. The molecule has 2 heterocycles. The lowest BCUT2D eigenvalue weighted by Gasteiger charge is -2.39. The second-order valence-electron chi connectivity index (χ2n) is 7.14. The van der Waals surface area contributed by atoms with Gasteiger partial charge >= 0.3 is 0 Å². The molecule has 130 valence electrons. The van der Waals surface area contributed by atoms with Crippen LogP contribution in [-0.4, -0.2) is 30.9 Å². The van der Waals surface area contributed by atoms with Gasteiger partial charge in [0, 0.05) is 19.0 Å². The van der Waals surface area contributed by atoms with Crippen molar-refractivity contribution < 1.29 is 9.21 Å². The Morgan fingerprint density at radius 1 is 1.38 bits per heavy atom. The molecular formula is C19H25ClN2O2. The largest absolute Gasteiger partial charge is 0.459 e. The number of halogens is 1. The number of furan rings is 1. The number of carbonyl (C=O) groups excluding carboxylic acids is 1. The van der Waals surface area contributed by atoms with Crippen molar-refractivity contribution in [2.75, 3.05) is 20.1 Å². The highest BCUT2D eigenvalue weighted by Crippen LogP contribution is 2.45. The average molecular weight is 349 g/mol. The van der Waals surface area contributed by atoms with Crippen molar-refractivity contribution >= 4 is 29.3 Å². The fourth-order valence-corrected chi connectivity index (χ4v) is 4.47. The average Bonchev–Trinajstić information content (AvgIpc) is 3.17. The van der Waals surface area contributed by atoms with Crippen LogP contribution in [-0.2, 0) is 11.3 Å². The van der Waals surface area contributed by atoms with E-state index >= 15 is 0 Å². The molecule has 4 rings (SSSR count). The molecule has 2 aromatic rings. The minimum absolute atomic E-state index is 0. The summed E-state index contributed by atoms with van der Waals surface area (Å²) in [4.78, 5) is 15.0. The molecule has 0 bridgehead atoms. The maximum Gasteiger partial charge on any atom is 0.230 e. The predicted octanol–water partition coefficient (Wildman–Crippen LogP) is 3.59. The van der Waals surface area contributed by atoms with Gasteiger partial charge in [-0.2, -0.15) is 0 Å².